The summed E-state index contributed by atoms with van der Waals surface area (Å²) in [5, 5.41) is 1.14. The van der Waals surface area contributed by atoms with E-state index in [1.807, 2.05) is 36.7 Å². The summed E-state index contributed by atoms with van der Waals surface area (Å²) >= 11 is 0. The van der Waals surface area contributed by atoms with Crippen LogP contribution in [0, 0.1) is 0 Å². The Morgan fingerprint density at radius 1 is 1.08 bits per heavy atom. The normalized spacial score (nSPS) is 16.7. The molecule has 3 aromatic rings. The lowest BCUT2D eigenvalue weighted by atomic mass is 9.90. The number of allylic oxidation sites excluding steroid dienone is 4. The standard InChI is InChI=1S/C21H20N2O2/c1-24-16-9-7-14(8-10-16)15-11-18-19(13-23-21(18)22-12-15)17-5-3-4-6-20(17)25-2/h3-4,6-13,17H,5H2,1-2H3,(H,22,23). The van der Waals surface area contributed by atoms with Gasteiger partial charge in [-0.3, -0.25) is 0 Å². The molecule has 1 aromatic carbocycles. The first-order valence-corrected chi connectivity index (χ1v) is 8.32. The largest absolute Gasteiger partial charge is 0.500 e. The van der Waals surface area contributed by atoms with Crippen LogP contribution in [0.4, 0.5) is 0 Å². The van der Waals surface area contributed by atoms with Crippen LogP contribution >= 0.6 is 0 Å². The Bertz CT molecular complexity index is 952. The number of ether oxygens (including phenoxy) is 2. The molecule has 2 aromatic heterocycles. The zero-order chi connectivity index (χ0) is 17.2. The van der Waals surface area contributed by atoms with Crippen molar-refractivity contribution in [2.75, 3.05) is 14.2 Å². The Balaban J connectivity index is 1.77. The number of nitrogens with zero attached hydrogens (tertiary/aromatic N) is 1. The van der Waals surface area contributed by atoms with Gasteiger partial charge in [-0.05, 0) is 41.8 Å². The Hall–Kier alpha value is -3.01. The second-order valence-corrected chi connectivity index (χ2v) is 6.08. The first-order chi connectivity index (χ1) is 12.3. The quantitative estimate of drug-likeness (QED) is 0.745. The number of hydrogen-bond donors (Lipinski definition) is 1. The Kier molecular flexibility index (Phi) is 4.02. The lowest BCUT2D eigenvalue weighted by Crippen LogP contribution is -2.05. The molecule has 2 heterocycles. The average molecular weight is 332 g/mol. The maximum Gasteiger partial charge on any atom is 0.137 e. The molecule has 0 fully saturated rings. The van der Waals surface area contributed by atoms with Crippen LogP contribution in [0.3, 0.4) is 0 Å². The summed E-state index contributed by atoms with van der Waals surface area (Å²) in [6.45, 7) is 0. The molecule has 1 aliphatic rings. The third kappa shape index (κ3) is 2.80. The molecule has 25 heavy (non-hydrogen) atoms. The van der Waals surface area contributed by atoms with E-state index in [2.05, 4.69) is 34.2 Å². The lowest BCUT2D eigenvalue weighted by Gasteiger charge is -2.20. The number of nitrogens with one attached hydrogen (secondary N) is 1. The summed E-state index contributed by atoms with van der Waals surface area (Å²) in [7, 11) is 3.40. The monoisotopic (exact) mass is 332 g/mol. The van der Waals surface area contributed by atoms with Gasteiger partial charge in [-0.15, -0.1) is 0 Å². The summed E-state index contributed by atoms with van der Waals surface area (Å²) in [6, 6.07) is 10.2. The summed E-state index contributed by atoms with van der Waals surface area (Å²) in [5.74, 6) is 2.05. The van der Waals surface area contributed by atoms with E-state index in [-0.39, 0.29) is 5.92 Å². The van der Waals surface area contributed by atoms with Gasteiger partial charge in [0, 0.05) is 29.3 Å². The second-order valence-electron chi connectivity index (χ2n) is 6.08. The summed E-state index contributed by atoms with van der Waals surface area (Å²) in [5.41, 5.74) is 4.33. The molecule has 0 saturated heterocycles. The molecule has 1 aliphatic carbocycles. The number of rotatable bonds is 4. The summed E-state index contributed by atoms with van der Waals surface area (Å²) < 4.78 is 10.8. The van der Waals surface area contributed by atoms with Gasteiger partial charge in [0.15, 0.2) is 0 Å². The molecule has 4 rings (SSSR count). The Morgan fingerprint density at radius 3 is 2.68 bits per heavy atom. The first-order valence-electron chi connectivity index (χ1n) is 8.32. The van der Waals surface area contributed by atoms with Gasteiger partial charge in [0.05, 0.1) is 14.2 Å². The highest BCUT2D eigenvalue weighted by atomic mass is 16.5. The predicted octanol–water partition coefficient (Wildman–Crippen LogP) is 4.81. The van der Waals surface area contributed by atoms with Crippen molar-refractivity contribution in [2.24, 2.45) is 0 Å². The topological polar surface area (TPSA) is 47.1 Å². The lowest BCUT2D eigenvalue weighted by molar-refractivity contribution is 0.263. The molecule has 126 valence electrons. The van der Waals surface area contributed by atoms with Crippen LogP contribution in [0.5, 0.6) is 5.75 Å². The van der Waals surface area contributed by atoms with Crippen LogP contribution in [0.2, 0.25) is 0 Å². The van der Waals surface area contributed by atoms with Crippen molar-refractivity contribution in [3.63, 3.8) is 0 Å². The number of H-pyrrole nitrogens is 1. The average Bonchev–Trinajstić information content (AvgIpc) is 3.11. The highest BCUT2D eigenvalue weighted by Crippen LogP contribution is 2.36. The zero-order valence-electron chi connectivity index (χ0n) is 14.3. The number of aromatic nitrogens is 2. The Morgan fingerprint density at radius 2 is 1.92 bits per heavy atom. The summed E-state index contributed by atoms with van der Waals surface area (Å²) in [4.78, 5) is 7.89. The number of pyridine rings is 1. The zero-order valence-corrected chi connectivity index (χ0v) is 14.3. The molecule has 0 saturated carbocycles. The van der Waals surface area contributed by atoms with Crippen LogP contribution in [0.1, 0.15) is 17.9 Å². The number of methoxy groups -OCH3 is 2. The van der Waals surface area contributed by atoms with Crippen molar-refractivity contribution in [1.29, 1.82) is 0 Å². The molecule has 1 N–H and O–H groups in total. The minimum absolute atomic E-state index is 0.219. The molecule has 1 unspecified atom stereocenters. The predicted molar refractivity (Wildman–Crippen MR) is 99.7 cm³/mol. The van der Waals surface area contributed by atoms with Gasteiger partial charge in [-0.25, -0.2) is 4.98 Å². The molecule has 0 bridgehead atoms. The van der Waals surface area contributed by atoms with Gasteiger partial charge in [0.1, 0.15) is 17.2 Å². The second kappa shape index (κ2) is 6.48. The smallest absolute Gasteiger partial charge is 0.137 e. The number of aromatic amines is 1. The minimum Gasteiger partial charge on any atom is -0.500 e. The van der Waals surface area contributed by atoms with Crippen molar-refractivity contribution in [3.8, 4) is 16.9 Å². The molecule has 1 atom stereocenters. The third-order valence-corrected chi connectivity index (χ3v) is 4.71. The molecule has 0 radical (unpaired) electrons. The van der Waals surface area contributed by atoms with E-state index in [0.29, 0.717) is 0 Å². The van der Waals surface area contributed by atoms with E-state index in [1.54, 1.807) is 14.2 Å². The van der Waals surface area contributed by atoms with Crippen molar-refractivity contribution in [3.05, 3.63) is 72.3 Å². The van der Waals surface area contributed by atoms with Crippen molar-refractivity contribution < 1.29 is 9.47 Å². The molecule has 0 amide bonds. The van der Waals surface area contributed by atoms with Crippen LogP contribution in [-0.4, -0.2) is 24.2 Å². The van der Waals surface area contributed by atoms with Gasteiger partial charge < -0.3 is 14.5 Å². The van der Waals surface area contributed by atoms with E-state index in [1.165, 1.54) is 5.56 Å². The van der Waals surface area contributed by atoms with E-state index in [4.69, 9.17) is 9.47 Å². The first kappa shape index (κ1) is 15.5. The SMILES string of the molecule is COC1=CC=CCC1c1c[nH]c2ncc(-c3ccc(OC)cc3)cc12. The van der Waals surface area contributed by atoms with E-state index in [9.17, 15) is 0 Å². The van der Waals surface area contributed by atoms with E-state index in [0.717, 1.165) is 40.1 Å². The van der Waals surface area contributed by atoms with Gasteiger partial charge in [-0.2, -0.15) is 0 Å². The molecular formula is C21H20N2O2. The highest BCUT2D eigenvalue weighted by Gasteiger charge is 2.22. The van der Waals surface area contributed by atoms with Crippen LogP contribution in [-0.2, 0) is 4.74 Å². The molecule has 0 aliphatic heterocycles. The van der Waals surface area contributed by atoms with Crippen LogP contribution in [0.25, 0.3) is 22.2 Å². The van der Waals surface area contributed by atoms with Gasteiger partial charge >= 0.3 is 0 Å². The fraction of sp³-hybridized carbons (Fsp3) is 0.190. The number of hydrogen-bond acceptors (Lipinski definition) is 3. The van der Waals surface area contributed by atoms with E-state index >= 15 is 0 Å². The van der Waals surface area contributed by atoms with Crippen LogP contribution < -0.4 is 4.74 Å². The Labute approximate surface area is 146 Å². The van der Waals surface area contributed by atoms with Crippen molar-refractivity contribution >= 4 is 11.0 Å². The fourth-order valence-corrected chi connectivity index (χ4v) is 3.35. The van der Waals surface area contributed by atoms with Crippen molar-refractivity contribution in [1.82, 2.24) is 9.97 Å². The molecule has 4 nitrogen and oxygen atoms in total. The minimum atomic E-state index is 0.219. The molecule has 4 heteroatoms. The third-order valence-electron chi connectivity index (χ3n) is 4.71. The van der Waals surface area contributed by atoms with Crippen LogP contribution in [0.15, 0.2) is 66.7 Å². The van der Waals surface area contributed by atoms with Crippen molar-refractivity contribution in [2.45, 2.75) is 12.3 Å². The maximum absolute atomic E-state index is 5.58. The van der Waals surface area contributed by atoms with Gasteiger partial charge in [0.2, 0.25) is 0 Å². The highest BCUT2D eigenvalue weighted by molar-refractivity contribution is 5.85. The number of fused-ring (bicyclic) bond motifs is 1. The maximum atomic E-state index is 5.58. The molecule has 0 spiro atoms. The summed E-state index contributed by atoms with van der Waals surface area (Å²) in [6.07, 6.45) is 11.1. The van der Waals surface area contributed by atoms with Gasteiger partial charge in [-0.1, -0.05) is 24.3 Å². The fourth-order valence-electron chi connectivity index (χ4n) is 3.35. The van der Waals surface area contributed by atoms with E-state index < -0.39 is 0 Å². The van der Waals surface area contributed by atoms with Gasteiger partial charge in [0.25, 0.3) is 0 Å². The molecular weight excluding hydrogens is 312 g/mol. The number of benzene rings is 1.